The summed E-state index contributed by atoms with van der Waals surface area (Å²) in [6.07, 6.45) is 4.36. The van der Waals surface area contributed by atoms with Gasteiger partial charge in [-0.05, 0) is 60.4 Å². The van der Waals surface area contributed by atoms with Crippen molar-refractivity contribution in [2.45, 2.75) is 83.6 Å². The smallest absolute Gasteiger partial charge is 0.0724 e. The zero-order valence-corrected chi connectivity index (χ0v) is 15.8. The molecule has 0 aliphatic carbocycles. The highest BCUT2D eigenvalue weighted by molar-refractivity contribution is 4.85. The molecule has 1 fully saturated rings. The Kier molecular flexibility index (Phi) is 7.80. The lowest BCUT2D eigenvalue weighted by atomic mass is 9.98. The van der Waals surface area contributed by atoms with Crippen LogP contribution in [0.5, 0.6) is 0 Å². The molecule has 1 aliphatic heterocycles. The van der Waals surface area contributed by atoms with E-state index >= 15 is 0 Å². The number of nitrogens with zero attached hydrogens (tertiary/aromatic N) is 1. The van der Waals surface area contributed by atoms with Crippen molar-refractivity contribution in [3.8, 4) is 0 Å². The summed E-state index contributed by atoms with van der Waals surface area (Å²) in [6.45, 7) is 13.5. The lowest BCUT2D eigenvalue weighted by molar-refractivity contribution is -0.111. The Morgan fingerprint density at radius 3 is 2.32 bits per heavy atom. The average molecular weight is 315 g/mol. The summed E-state index contributed by atoms with van der Waals surface area (Å²) < 4.78 is 17.6. The van der Waals surface area contributed by atoms with Gasteiger partial charge in [0.2, 0.25) is 0 Å². The van der Waals surface area contributed by atoms with Gasteiger partial charge in [-0.15, -0.1) is 0 Å². The van der Waals surface area contributed by atoms with E-state index in [0.29, 0.717) is 12.1 Å². The van der Waals surface area contributed by atoms with Gasteiger partial charge < -0.3 is 19.1 Å². The van der Waals surface area contributed by atoms with Gasteiger partial charge in [-0.2, -0.15) is 0 Å². The monoisotopic (exact) mass is 315 g/mol. The third-order valence-electron chi connectivity index (χ3n) is 5.08. The third kappa shape index (κ3) is 6.53. The summed E-state index contributed by atoms with van der Waals surface area (Å²) in [6, 6.07) is 0.621. The maximum atomic E-state index is 6.44. The predicted molar refractivity (Wildman–Crippen MR) is 91.4 cm³/mol. The molecule has 0 N–H and O–H groups in total. The Morgan fingerprint density at radius 1 is 1.14 bits per heavy atom. The minimum Gasteiger partial charge on any atom is -0.385 e. The fourth-order valence-corrected chi connectivity index (χ4v) is 2.91. The van der Waals surface area contributed by atoms with Crippen LogP contribution in [-0.4, -0.2) is 62.2 Å². The van der Waals surface area contributed by atoms with Crippen LogP contribution in [0.15, 0.2) is 0 Å². The van der Waals surface area contributed by atoms with E-state index < -0.39 is 0 Å². The van der Waals surface area contributed by atoms with Crippen molar-refractivity contribution in [2.24, 2.45) is 0 Å². The topological polar surface area (TPSA) is 30.9 Å². The molecule has 0 saturated carbocycles. The van der Waals surface area contributed by atoms with E-state index in [1.165, 1.54) is 0 Å². The number of likely N-dealkylation sites (tertiary alicyclic amines) is 1. The SMILES string of the molecule is CCC(C)(CCOC(C)(C)CCOC)OC1CC(C)N(C)C1. The molecule has 4 heteroatoms. The van der Waals surface area contributed by atoms with Crippen molar-refractivity contribution >= 4 is 0 Å². The van der Waals surface area contributed by atoms with Gasteiger partial charge in [0.25, 0.3) is 0 Å². The van der Waals surface area contributed by atoms with Gasteiger partial charge >= 0.3 is 0 Å². The molecule has 22 heavy (non-hydrogen) atoms. The molecule has 1 heterocycles. The first-order valence-corrected chi connectivity index (χ1v) is 8.72. The van der Waals surface area contributed by atoms with Crippen LogP contribution in [0.3, 0.4) is 0 Å². The Balaban J connectivity index is 2.39. The van der Waals surface area contributed by atoms with Crippen LogP contribution in [-0.2, 0) is 14.2 Å². The molecule has 1 rings (SSSR count). The maximum Gasteiger partial charge on any atom is 0.0724 e. The standard InChI is InChI=1S/C18H37NO3/c1-8-18(5,22-16-13-15(2)19(6)14-16)10-12-21-17(3,4)9-11-20-7/h15-16H,8-14H2,1-7H3. The summed E-state index contributed by atoms with van der Waals surface area (Å²) in [5.74, 6) is 0. The average Bonchev–Trinajstić information content (AvgIpc) is 2.74. The summed E-state index contributed by atoms with van der Waals surface area (Å²) in [5, 5.41) is 0. The van der Waals surface area contributed by atoms with Gasteiger partial charge in [0.05, 0.1) is 23.9 Å². The van der Waals surface area contributed by atoms with Gasteiger partial charge in [-0.3, -0.25) is 0 Å². The van der Waals surface area contributed by atoms with Crippen LogP contribution >= 0.6 is 0 Å². The van der Waals surface area contributed by atoms with Crippen molar-refractivity contribution in [3.05, 3.63) is 0 Å². The highest BCUT2D eigenvalue weighted by atomic mass is 16.5. The van der Waals surface area contributed by atoms with E-state index in [-0.39, 0.29) is 11.2 Å². The fraction of sp³-hybridized carbons (Fsp3) is 1.00. The van der Waals surface area contributed by atoms with E-state index in [9.17, 15) is 0 Å². The molecule has 3 unspecified atom stereocenters. The number of hydrogen-bond donors (Lipinski definition) is 0. The van der Waals surface area contributed by atoms with Crippen LogP contribution < -0.4 is 0 Å². The van der Waals surface area contributed by atoms with E-state index in [1.54, 1.807) is 7.11 Å². The zero-order chi connectivity index (χ0) is 16.8. The molecule has 132 valence electrons. The Morgan fingerprint density at radius 2 is 1.82 bits per heavy atom. The van der Waals surface area contributed by atoms with Crippen molar-refractivity contribution in [3.63, 3.8) is 0 Å². The second kappa shape index (κ2) is 8.62. The molecule has 0 aromatic rings. The van der Waals surface area contributed by atoms with Crippen molar-refractivity contribution in [1.82, 2.24) is 4.90 Å². The van der Waals surface area contributed by atoms with Crippen LogP contribution in [0.4, 0.5) is 0 Å². The van der Waals surface area contributed by atoms with Crippen molar-refractivity contribution in [2.75, 3.05) is 33.9 Å². The Labute approximate surface area is 137 Å². The second-order valence-corrected chi connectivity index (χ2v) is 7.67. The minimum atomic E-state index is -0.132. The van der Waals surface area contributed by atoms with Crippen LogP contribution in [0, 0.1) is 0 Å². The lowest BCUT2D eigenvalue weighted by Gasteiger charge is -2.34. The summed E-state index contributed by atoms with van der Waals surface area (Å²) in [4.78, 5) is 2.38. The quantitative estimate of drug-likeness (QED) is 0.617. The summed E-state index contributed by atoms with van der Waals surface area (Å²) in [5.41, 5.74) is -0.223. The van der Waals surface area contributed by atoms with Gasteiger partial charge in [0.1, 0.15) is 0 Å². The van der Waals surface area contributed by atoms with Crippen LogP contribution in [0.1, 0.15) is 60.3 Å². The maximum absolute atomic E-state index is 6.44. The molecule has 0 bridgehead atoms. The zero-order valence-electron chi connectivity index (χ0n) is 15.8. The van der Waals surface area contributed by atoms with Crippen molar-refractivity contribution in [1.29, 1.82) is 0 Å². The van der Waals surface area contributed by atoms with Crippen LogP contribution in [0.25, 0.3) is 0 Å². The molecule has 4 nitrogen and oxygen atoms in total. The Hall–Kier alpha value is -0.160. The molecular weight excluding hydrogens is 278 g/mol. The first kappa shape index (κ1) is 19.9. The largest absolute Gasteiger partial charge is 0.385 e. The first-order valence-electron chi connectivity index (χ1n) is 8.72. The van der Waals surface area contributed by atoms with Crippen LogP contribution in [0.2, 0.25) is 0 Å². The second-order valence-electron chi connectivity index (χ2n) is 7.67. The number of ether oxygens (including phenoxy) is 3. The molecule has 0 spiro atoms. The highest BCUT2D eigenvalue weighted by Gasteiger charge is 2.33. The molecule has 3 atom stereocenters. The normalized spacial score (nSPS) is 26.3. The number of methoxy groups -OCH3 is 1. The van der Waals surface area contributed by atoms with Gasteiger partial charge in [0, 0.05) is 26.3 Å². The highest BCUT2D eigenvalue weighted by Crippen LogP contribution is 2.28. The minimum absolute atomic E-state index is 0.0904. The third-order valence-corrected chi connectivity index (χ3v) is 5.08. The molecule has 0 amide bonds. The number of hydrogen-bond acceptors (Lipinski definition) is 4. The number of rotatable bonds is 10. The summed E-state index contributed by atoms with van der Waals surface area (Å²) >= 11 is 0. The van der Waals surface area contributed by atoms with E-state index in [0.717, 1.165) is 45.4 Å². The molecular formula is C18H37NO3. The van der Waals surface area contributed by atoms with Gasteiger partial charge in [-0.1, -0.05) is 6.92 Å². The lowest BCUT2D eigenvalue weighted by Crippen LogP contribution is -2.37. The Bertz CT molecular complexity index is 311. The molecule has 0 aromatic carbocycles. The van der Waals surface area contributed by atoms with E-state index in [4.69, 9.17) is 14.2 Å². The van der Waals surface area contributed by atoms with Crippen molar-refractivity contribution < 1.29 is 14.2 Å². The van der Waals surface area contributed by atoms with Gasteiger partial charge in [0.15, 0.2) is 0 Å². The molecule has 1 saturated heterocycles. The van der Waals surface area contributed by atoms with E-state index in [2.05, 4.69) is 46.6 Å². The molecule has 0 aromatic heterocycles. The first-order chi connectivity index (χ1) is 10.2. The fourth-order valence-electron chi connectivity index (χ4n) is 2.91. The summed E-state index contributed by atoms with van der Waals surface area (Å²) in [7, 11) is 3.91. The predicted octanol–water partition coefficient (Wildman–Crippen LogP) is 3.49. The van der Waals surface area contributed by atoms with Gasteiger partial charge in [-0.25, -0.2) is 0 Å². The molecule has 1 aliphatic rings. The molecule has 0 radical (unpaired) electrons. The number of likely N-dealkylation sites (N-methyl/N-ethyl adjacent to an activating group) is 1. The van der Waals surface area contributed by atoms with E-state index in [1.807, 2.05) is 0 Å².